The summed E-state index contributed by atoms with van der Waals surface area (Å²) in [6, 6.07) is 7.15. The third-order valence-electron chi connectivity index (χ3n) is 3.34. The van der Waals surface area contributed by atoms with Gasteiger partial charge in [-0.1, -0.05) is 23.9 Å². The number of hydrogen-bond acceptors (Lipinski definition) is 7. The molecular weight excluding hydrogens is 384 g/mol. The quantitative estimate of drug-likeness (QED) is 0.358. The molecule has 8 nitrogen and oxygen atoms in total. The molecule has 2 amide bonds. The molecular formula is C17H16N6O2S2. The lowest BCUT2D eigenvalue weighted by molar-refractivity contribution is -0.119. The van der Waals surface area contributed by atoms with Crippen molar-refractivity contribution >= 4 is 34.9 Å². The minimum absolute atomic E-state index is 0.0764. The van der Waals surface area contributed by atoms with Gasteiger partial charge in [0.05, 0.1) is 10.6 Å². The Labute approximate surface area is 163 Å². The van der Waals surface area contributed by atoms with E-state index >= 15 is 0 Å². The number of amides is 2. The number of carbonyl (C=O) groups excluding carboxylic acids is 2. The summed E-state index contributed by atoms with van der Waals surface area (Å²) in [7, 11) is 0. The van der Waals surface area contributed by atoms with Crippen molar-refractivity contribution in [2.24, 2.45) is 0 Å². The number of hydrogen-bond donors (Lipinski definition) is 2. The summed E-state index contributed by atoms with van der Waals surface area (Å²) in [5.41, 5.74) is 5.60. The molecule has 138 valence electrons. The maximum Gasteiger partial charge on any atom is 0.279 e. The molecule has 0 aromatic carbocycles. The summed E-state index contributed by atoms with van der Waals surface area (Å²) < 4.78 is 1.85. The van der Waals surface area contributed by atoms with E-state index in [1.54, 1.807) is 36.0 Å². The fraction of sp³-hybridized carbons (Fsp3) is 0.118. The van der Waals surface area contributed by atoms with Gasteiger partial charge < -0.3 is 0 Å². The minimum atomic E-state index is -0.350. The molecule has 0 aliphatic rings. The molecule has 0 spiro atoms. The number of pyridine rings is 1. The Kier molecular flexibility index (Phi) is 6.34. The van der Waals surface area contributed by atoms with Crippen LogP contribution in [0.3, 0.4) is 0 Å². The SMILES string of the molecule is C=CCn1c(SCC(=O)NNC(=O)c2cccs2)nnc1-c1cccnc1. The number of aromatic nitrogens is 4. The largest absolute Gasteiger partial charge is 0.298 e. The van der Waals surface area contributed by atoms with Crippen molar-refractivity contribution in [2.45, 2.75) is 11.7 Å². The zero-order valence-electron chi connectivity index (χ0n) is 14.2. The van der Waals surface area contributed by atoms with E-state index in [0.717, 1.165) is 5.56 Å². The van der Waals surface area contributed by atoms with Crippen molar-refractivity contribution in [2.75, 3.05) is 5.75 Å². The third kappa shape index (κ3) is 4.80. The van der Waals surface area contributed by atoms with Crippen molar-refractivity contribution in [3.05, 3.63) is 59.6 Å². The highest BCUT2D eigenvalue weighted by Crippen LogP contribution is 2.23. The molecule has 0 bridgehead atoms. The number of rotatable bonds is 7. The van der Waals surface area contributed by atoms with Gasteiger partial charge >= 0.3 is 0 Å². The number of allylic oxidation sites excluding steroid dienone is 1. The predicted molar refractivity (Wildman–Crippen MR) is 104 cm³/mol. The topological polar surface area (TPSA) is 102 Å². The minimum Gasteiger partial charge on any atom is -0.298 e. The van der Waals surface area contributed by atoms with Crippen molar-refractivity contribution in [3.8, 4) is 11.4 Å². The third-order valence-corrected chi connectivity index (χ3v) is 5.18. The van der Waals surface area contributed by atoms with Gasteiger partial charge in [0, 0.05) is 24.5 Å². The highest BCUT2D eigenvalue weighted by molar-refractivity contribution is 7.99. The van der Waals surface area contributed by atoms with E-state index in [9.17, 15) is 9.59 Å². The molecule has 0 atom stereocenters. The Hall–Kier alpha value is -2.98. The molecule has 27 heavy (non-hydrogen) atoms. The van der Waals surface area contributed by atoms with Crippen LogP contribution in [0.2, 0.25) is 0 Å². The molecule has 0 radical (unpaired) electrons. The summed E-state index contributed by atoms with van der Waals surface area (Å²) >= 11 is 2.52. The normalized spacial score (nSPS) is 10.4. The van der Waals surface area contributed by atoms with Gasteiger partial charge in [0.15, 0.2) is 11.0 Å². The van der Waals surface area contributed by atoms with Gasteiger partial charge in [-0.05, 0) is 23.6 Å². The number of thioether (sulfide) groups is 1. The van der Waals surface area contributed by atoms with Crippen LogP contribution in [-0.2, 0) is 11.3 Å². The molecule has 10 heteroatoms. The monoisotopic (exact) mass is 400 g/mol. The maximum absolute atomic E-state index is 12.0. The molecule has 3 aromatic rings. The Bertz CT molecular complexity index is 924. The van der Waals surface area contributed by atoms with E-state index in [0.29, 0.717) is 22.4 Å². The molecule has 0 unspecified atom stereocenters. The Morgan fingerprint density at radius 3 is 2.85 bits per heavy atom. The van der Waals surface area contributed by atoms with Gasteiger partial charge in [-0.25, -0.2) is 0 Å². The first kappa shape index (κ1) is 18.8. The van der Waals surface area contributed by atoms with Crippen LogP contribution in [0.25, 0.3) is 11.4 Å². The summed E-state index contributed by atoms with van der Waals surface area (Å²) in [6.07, 6.45) is 5.11. The van der Waals surface area contributed by atoms with Crippen molar-refractivity contribution in [1.82, 2.24) is 30.6 Å². The molecule has 3 rings (SSSR count). The van der Waals surface area contributed by atoms with E-state index < -0.39 is 0 Å². The van der Waals surface area contributed by atoms with E-state index in [2.05, 4.69) is 32.6 Å². The fourth-order valence-corrected chi connectivity index (χ4v) is 3.53. The van der Waals surface area contributed by atoms with Crippen molar-refractivity contribution in [1.29, 1.82) is 0 Å². The second-order valence-corrected chi connectivity index (χ2v) is 7.11. The Morgan fingerprint density at radius 1 is 1.26 bits per heavy atom. The molecule has 3 heterocycles. The van der Waals surface area contributed by atoms with Crippen LogP contribution in [0, 0.1) is 0 Å². The summed E-state index contributed by atoms with van der Waals surface area (Å²) in [5.74, 6) is 0.0301. The van der Waals surface area contributed by atoms with Gasteiger partial charge in [0.25, 0.3) is 5.91 Å². The van der Waals surface area contributed by atoms with Crippen LogP contribution >= 0.6 is 23.1 Å². The second kappa shape index (κ2) is 9.10. The van der Waals surface area contributed by atoms with Crippen LogP contribution in [0.15, 0.2) is 59.9 Å². The lowest BCUT2D eigenvalue weighted by atomic mass is 10.3. The van der Waals surface area contributed by atoms with E-state index in [1.807, 2.05) is 16.7 Å². The van der Waals surface area contributed by atoms with Gasteiger partial charge in [-0.3, -0.25) is 30.0 Å². The number of nitrogens with one attached hydrogen (secondary N) is 2. The van der Waals surface area contributed by atoms with Crippen LogP contribution in [0.4, 0.5) is 0 Å². The first-order chi connectivity index (χ1) is 13.2. The smallest absolute Gasteiger partial charge is 0.279 e. The van der Waals surface area contributed by atoms with Gasteiger partial charge in [-0.15, -0.1) is 28.1 Å². The number of carbonyl (C=O) groups is 2. The molecule has 0 fully saturated rings. The Morgan fingerprint density at radius 2 is 2.15 bits per heavy atom. The van der Waals surface area contributed by atoms with Crippen molar-refractivity contribution < 1.29 is 9.59 Å². The highest BCUT2D eigenvalue weighted by Gasteiger charge is 2.15. The average Bonchev–Trinajstić information content (AvgIpc) is 3.36. The van der Waals surface area contributed by atoms with Crippen LogP contribution in [0.5, 0.6) is 0 Å². The molecule has 0 aliphatic carbocycles. The molecule has 0 saturated carbocycles. The van der Waals surface area contributed by atoms with Gasteiger partial charge in [0.1, 0.15) is 0 Å². The zero-order chi connectivity index (χ0) is 19.1. The number of hydrazine groups is 1. The average molecular weight is 400 g/mol. The standard InChI is InChI=1S/C17H16N6O2S2/c1-2-8-23-15(12-5-3-7-18-10-12)20-22-17(23)27-11-14(24)19-21-16(25)13-6-4-9-26-13/h2-7,9-10H,1,8,11H2,(H,19,24)(H,21,25). The van der Waals surface area contributed by atoms with Gasteiger partial charge in [0.2, 0.25) is 5.91 Å². The zero-order valence-corrected chi connectivity index (χ0v) is 15.8. The lowest BCUT2D eigenvalue weighted by Gasteiger charge is -2.08. The van der Waals surface area contributed by atoms with E-state index in [1.165, 1.54) is 23.1 Å². The van der Waals surface area contributed by atoms with Crippen molar-refractivity contribution in [3.63, 3.8) is 0 Å². The van der Waals surface area contributed by atoms with Crippen LogP contribution in [0.1, 0.15) is 9.67 Å². The van der Waals surface area contributed by atoms with Gasteiger partial charge in [-0.2, -0.15) is 0 Å². The Balaban J connectivity index is 1.60. The fourth-order valence-electron chi connectivity index (χ4n) is 2.16. The number of nitrogens with zero attached hydrogens (tertiary/aromatic N) is 4. The maximum atomic E-state index is 12.0. The summed E-state index contributed by atoms with van der Waals surface area (Å²) in [4.78, 5) is 28.4. The number of thiophene rings is 1. The predicted octanol–water partition coefficient (Wildman–Crippen LogP) is 2.14. The lowest BCUT2D eigenvalue weighted by Crippen LogP contribution is -2.42. The van der Waals surface area contributed by atoms with E-state index in [-0.39, 0.29) is 17.6 Å². The first-order valence-electron chi connectivity index (χ1n) is 7.89. The first-order valence-corrected chi connectivity index (χ1v) is 9.75. The summed E-state index contributed by atoms with van der Waals surface area (Å²) in [5, 5.41) is 10.7. The highest BCUT2D eigenvalue weighted by atomic mass is 32.2. The van der Waals surface area contributed by atoms with Crippen LogP contribution < -0.4 is 10.9 Å². The van der Waals surface area contributed by atoms with E-state index in [4.69, 9.17) is 0 Å². The molecule has 0 saturated heterocycles. The summed E-state index contributed by atoms with van der Waals surface area (Å²) in [6.45, 7) is 4.25. The molecule has 2 N–H and O–H groups in total. The second-order valence-electron chi connectivity index (χ2n) is 5.22. The molecule has 3 aromatic heterocycles. The van der Waals surface area contributed by atoms with Crippen LogP contribution in [-0.4, -0.2) is 37.3 Å². The molecule has 0 aliphatic heterocycles.